The molecule has 3 aromatic rings. The van der Waals surface area contributed by atoms with E-state index in [9.17, 15) is 0 Å². The number of nitrogens with one attached hydrogen (secondary N) is 2. The lowest BCUT2D eigenvalue weighted by Crippen LogP contribution is -2.57. The molecule has 0 amide bonds. The van der Waals surface area contributed by atoms with Crippen LogP contribution in [0.5, 0.6) is 0 Å². The molecule has 0 aliphatic carbocycles. The Morgan fingerprint density at radius 1 is 0.679 bits per heavy atom. The van der Waals surface area contributed by atoms with Crippen LogP contribution in [0.25, 0.3) is 10.8 Å². The van der Waals surface area contributed by atoms with Gasteiger partial charge >= 0.3 is 14.1 Å². The molecule has 0 atom stereocenters. The van der Waals surface area contributed by atoms with Gasteiger partial charge in [0.25, 0.3) is 0 Å². The molecule has 4 nitrogen and oxygen atoms in total. The number of anilines is 2. The van der Waals surface area contributed by atoms with Crippen molar-refractivity contribution in [1.29, 1.82) is 0 Å². The van der Waals surface area contributed by atoms with Crippen LogP contribution in [0.3, 0.4) is 0 Å². The third kappa shape index (κ3) is 2.63. The van der Waals surface area contributed by atoms with Gasteiger partial charge in [0, 0.05) is 16.8 Å². The molecule has 2 heterocycles. The van der Waals surface area contributed by atoms with Crippen molar-refractivity contribution in [2.45, 2.75) is 38.9 Å². The van der Waals surface area contributed by atoms with Crippen molar-refractivity contribution >= 4 is 47.2 Å². The van der Waals surface area contributed by atoms with Crippen molar-refractivity contribution < 1.29 is 9.31 Å². The van der Waals surface area contributed by atoms with Crippen LogP contribution < -0.4 is 21.4 Å². The van der Waals surface area contributed by atoms with E-state index in [-0.39, 0.29) is 18.2 Å². The second-order valence-electron chi connectivity index (χ2n) is 8.65. The van der Waals surface area contributed by atoms with E-state index in [0.29, 0.717) is 0 Å². The second kappa shape index (κ2) is 6.03. The molecule has 1 fully saturated rings. The zero-order valence-corrected chi connectivity index (χ0v) is 16.7. The van der Waals surface area contributed by atoms with Crippen molar-refractivity contribution in [1.82, 2.24) is 0 Å². The third-order valence-corrected chi connectivity index (χ3v) is 6.32. The molecule has 2 N–H and O–H groups in total. The van der Waals surface area contributed by atoms with Crippen LogP contribution in [0.15, 0.2) is 60.7 Å². The van der Waals surface area contributed by atoms with Crippen molar-refractivity contribution in [2.24, 2.45) is 0 Å². The fourth-order valence-corrected chi connectivity index (χ4v) is 4.04. The predicted octanol–water partition coefficient (Wildman–Crippen LogP) is 3.37. The standard InChI is InChI=1S/C22H24B2N2O2/c1-21(2)22(3,4)28-24(27-21)17-12-6-5-11-16(17)23-25-18-13-7-9-15-10-8-14-19(26-23)20(15)18/h5-14,25-26H,1-4H3. The lowest BCUT2D eigenvalue weighted by Gasteiger charge is -2.32. The van der Waals surface area contributed by atoms with Gasteiger partial charge in [-0.1, -0.05) is 48.5 Å². The summed E-state index contributed by atoms with van der Waals surface area (Å²) in [5.41, 5.74) is 3.73. The zero-order valence-electron chi connectivity index (χ0n) is 16.7. The highest BCUT2D eigenvalue weighted by atomic mass is 16.7. The molecule has 3 aromatic carbocycles. The van der Waals surface area contributed by atoms with Crippen molar-refractivity contribution in [3.8, 4) is 0 Å². The Labute approximate surface area is 166 Å². The zero-order chi connectivity index (χ0) is 19.5. The van der Waals surface area contributed by atoms with Crippen LogP contribution in [-0.2, 0) is 9.31 Å². The van der Waals surface area contributed by atoms with E-state index < -0.39 is 7.12 Å². The Kier molecular flexibility index (Phi) is 3.80. The molecule has 0 unspecified atom stereocenters. The first-order valence-electron chi connectivity index (χ1n) is 9.85. The maximum absolute atomic E-state index is 6.33. The minimum absolute atomic E-state index is 0.0595. The van der Waals surface area contributed by atoms with Gasteiger partial charge in [-0.15, -0.1) is 0 Å². The molecule has 6 heteroatoms. The predicted molar refractivity (Wildman–Crippen MR) is 119 cm³/mol. The number of hydrogen-bond acceptors (Lipinski definition) is 4. The van der Waals surface area contributed by atoms with Gasteiger partial charge in [0.05, 0.1) is 11.2 Å². The monoisotopic (exact) mass is 370 g/mol. The molecule has 0 saturated carbocycles. The Bertz CT molecular complexity index is 1010. The van der Waals surface area contributed by atoms with E-state index in [1.54, 1.807) is 0 Å². The van der Waals surface area contributed by atoms with E-state index >= 15 is 0 Å². The summed E-state index contributed by atoms with van der Waals surface area (Å²) in [6, 6.07) is 21.1. The quantitative estimate of drug-likeness (QED) is 0.679. The summed E-state index contributed by atoms with van der Waals surface area (Å²) < 4.78 is 12.7. The lowest BCUT2D eigenvalue weighted by atomic mass is 9.58. The molecule has 28 heavy (non-hydrogen) atoms. The van der Waals surface area contributed by atoms with Crippen LogP contribution in [0.4, 0.5) is 11.4 Å². The van der Waals surface area contributed by atoms with Gasteiger partial charge in [0.2, 0.25) is 0 Å². The lowest BCUT2D eigenvalue weighted by molar-refractivity contribution is 0.00578. The van der Waals surface area contributed by atoms with Crippen LogP contribution in [0.1, 0.15) is 27.7 Å². The maximum Gasteiger partial charge on any atom is 0.494 e. The Balaban J connectivity index is 1.54. The highest BCUT2D eigenvalue weighted by Gasteiger charge is 2.52. The third-order valence-electron chi connectivity index (χ3n) is 6.32. The van der Waals surface area contributed by atoms with E-state index in [1.807, 2.05) is 6.07 Å². The Morgan fingerprint density at radius 3 is 1.79 bits per heavy atom. The van der Waals surface area contributed by atoms with Gasteiger partial charge in [0.15, 0.2) is 0 Å². The summed E-state index contributed by atoms with van der Waals surface area (Å²) in [6.07, 6.45) is 0. The number of rotatable bonds is 2. The summed E-state index contributed by atoms with van der Waals surface area (Å²) in [4.78, 5) is 0. The summed E-state index contributed by atoms with van der Waals surface area (Å²) in [5.74, 6) is 0. The van der Waals surface area contributed by atoms with Gasteiger partial charge in [-0.3, -0.25) is 0 Å². The first-order chi connectivity index (χ1) is 13.4. The smallest absolute Gasteiger partial charge is 0.405 e. The first-order valence-corrected chi connectivity index (χ1v) is 9.85. The summed E-state index contributed by atoms with van der Waals surface area (Å²) in [6.45, 7) is 8.29. The molecule has 0 spiro atoms. The molecular formula is C22H24B2N2O2. The average molecular weight is 370 g/mol. The van der Waals surface area contributed by atoms with Crippen molar-refractivity contribution in [3.05, 3.63) is 60.7 Å². The first kappa shape index (κ1) is 17.7. The highest BCUT2D eigenvalue weighted by molar-refractivity contribution is 6.85. The minimum Gasteiger partial charge on any atom is -0.405 e. The largest absolute Gasteiger partial charge is 0.494 e. The van der Waals surface area contributed by atoms with E-state index in [1.165, 1.54) is 10.8 Å². The normalized spacial score (nSPS) is 19.4. The minimum atomic E-state index is -0.391. The van der Waals surface area contributed by atoms with Gasteiger partial charge in [-0.05, 0) is 56.1 Å². The Morgan fingerprint density at radius 2 is 1.21 bits per heavy atom. The van der Waals surface area contributed by atoms with Crippen molar-refractivity contribution in [2.75, 3.05) is 10.5 Å². The van der Waals surface area contributed by atoms with Gasteiger partial charge in [-0.25, -0.2) is 0 Å². The molecule has 140 valence electrons. The van der Waals surface area contributed by atoms with Gasteiger partial charge in [0.1, 0.15) is 0 Å². The van der Waals surface area contributed by atoms with Crippen LogP contribution in [0.2, 0.25) is 0 Å². The molecule has 0 bridgehead atoms. The van der Waals surface area contributed by atoms with Crippen molar-refractivity contribution in [3.63, 3.8) is 0 Å². The van der Waals surface area contributed by atoms with Crippen LogP contribution >= 0.6 is 0 Å². The Hall–Kier alpha value is -2.43. The summed E-state index contributed by atoms with van der Waals surface area (Å²) >= 11 is 0. The summed E-state index contributed by atoms with van der Waals surface area (Å²) in [7, 11) is -0.391. The summed E-state index contributed by atoms with van der Waals surface area (Å²) in [5, 5.41) is 9.78. The van der Waals surface area contributed by atoms with Crippen LogP contribution in [-0.4, -0.2) is 25.3 Å². The van der Waals surface area contributed by atoms with E-state index in [0.717, 1.165) is 22.3 Å². The van der Waals surface area contributed by atoms with Gasteiger partial charge < -0.3 is 19.8 Å². The van der Waals surface area contributed by atoms with Crippen LogP contribution in [0, 0.1) is 0 Å². The average Bonchev–Trinajstić information content (AvgIpc) is 2.89. The molecule has 2 aliphatic rings. The second-order valence-corrected chi connectivity index (χ2v) is 8.65. The molecule has 5 rings (SSSR count). The molecular weight excluding hydrogens is 346 g/mol. The van der Waals surface area contributed by atoms with Gasteiger partial charge in [-0.2, -0.15) is 0 Å². The molecule has 1 saturated heterocycles. The topological polar surface area (TPSA) is 42.5 Å². The number of benzene rings is 3. The molecule has 0 aromatic heterocycles. The fourth-order valence-electron chi connectivity index (χ4n) is 4.04. The molecule has 0 radical (unpaired) electrons. The van der Waals surface area contributed by atoms with E-state index in [2.05, 4.69) is 92.7 Å². The highest BCUT2D eigenvalue weighted by Crippen LogP contribution is 2.37. The maximum atomic E-state index is 6.33. The molecule has 2 aliphatic heterocycles. The fraction of sp³-hybridized carbons (Fsp3) is 0.273. The van der Waals surface area contributed by atoms with E-state index in [4.69, 9.17) is 9.31 Å². The number of hydrogen-bond donors (Lipinski definition) is 2. The SMILES string of the molecule is CC1(C)OB(c2ccccc2B2Nc3cccc4cccc(c34)N2)OC1(C)C.